The van der Waals surface area contributed by atoms with Crippen molar-refractivity contribution in [3.8, 4) is 0 Å². The molecule has 4 nitrogen and oxygen atoms in total. The van der Waals surface area contributed by atoms with Gasteiger partial charge in [0, 0.05) is 6.61 Å². The summed E-state index contributed by atoms with van der Waals surface area (Å²) in [5.41, 5.74) is 0.772. The number of aryl methyl sites for hydroxylation is 1. The van der Waals surface area contributed by atoms with E-state index in [0.717, 1.165) is 18.4 Å². The van der Waals surface area contributed by atoms with Crippen molar-refractivity contribution in [3.63, 3.8) is 0 Å². The van der Waals surface area contributed by atoms with E-state index < -0.39 is 19.1 Å². The molecule has 6 heteroatoms. The van der Waals surface area contributed by atoms with E-state index in [1.54, 1.807) is 36.8 Å². The minimum atomic E-state index is -3.82. The topological polar surface area (TPSA) is 52.6 Å². The highest BCUT2D eigenvalue weighted by atomic mass is 32.3. The molecule has 1 heterocycles. The van der Waals surface area contributed by atoms with E-state index >= 15 is 0 Å². The van der Waals surface area contributed by atoms with E-state index in [-0.39, 0.29) is 10.3 Å². The Morgan fingerprint density at radius 1 is 1.30 bits per heavy atom. The van der Waals surface area contributed by atoms with Crippen LogP contribution in [0.2, 0.25) is 0 Å². The van der Waals surface area contributed by atoms with Gasteiger partial charge in [-0.25, -0.2) is 3.63 Å². The molecule has 1 saturated heterocycles. The molecule has 114 valence electrons. The predicted octanol–water partition coefficient (Wildman–Crippen LogP) is 2.78. The van der Waals surface area contributed by atoms with E-state index in [1.807, 2.05) is 6.92 Å². The molecule has 0 saturated carbocycles. The Bertz CT molecular complexity index is 647. The molecule has 0 aromatic heterocycles. The van der Waals surface area contributed by atoms with Crippen LogP contribution in [0.1, 0.15) is 18.4 Å². The molecule has 0 radical (unpaired) electrons. The molecule has 1 aliphatic rings. The van der Waals surface area contributed by atoms with E-state index in [1.165, 1.54) is 0 Å². The summed E-state index contributed by atoms with van der Waals surface area (Å²) in [4.78, 5) is 0.163. The Kier molecular flexibility index (Phi) is 3.88. The highest BCUT2D eigenvalue weighted by Gasteiger charge is 2.38. The first kappa shape index (κ1) is 15.7. The van der Waals surface area contributed by atoms with Crippen molar-refractivity contribution in [3.05, 3.63) is 29.8 Å². The molecule has 1 fully saturated rings. The van der Waals surface area contributed by atoms with Gasteiger partial charge in [0.15, 0.2) is 0 Å². The Morgan fingerprint density at radius 3 is 2.40 bits per heavy atom. The fourth-order valence-corrected chi connectivity index (χ4v) is 7.12. The van der Waals surface area contributed by atoms with Crippen LogP contribution >= 0.6 is 9.03 Å². The highest BCUT2D eigenvalue weighted by molar-refractivity contribution is 8.44. The van der Waals surface area contributed by atoms with Crippen LogP contribution in [0.15, 0.2) is 29.2 Å². The van der Waals surface area contributed by atoms with Crippen molar-refractivity contribution in [1.82, 2.24) is 0 Å². The zero-order valence-electron chi connectivity index (χ0n) is 12.2. The number of benzene rings is 1. The number of rotatable bonds is 4. The monoisotopic (exact) mass is 318 g/mol. The van der Waals surface area contributed by atoms with Gasteiger partial charge in [0.05, 0.1) is 4.90 Å². The van der Waals surface area contributed by atoms with Crippen LogP contribution in [0.5, 0.6) is 0 Å². The molecule has 0 N–H and O–H groups in total. The molecule has 2 rings (SSSR count). The van der Waals surface area contributed by atoms with E-state index in [9.17, 15) is 8.42 Å². The van der Waals surface area contributed by atoms with Crippen LogP contribution in [-0.4, -0.2) is 38.8 Å². The summed E-state index contributed by atoms with van der Waals surface area (Å²) in [6, 6.07) is 6.62. The number of ether oxygens (including phenoxy) is 1. The molecule has 1 aliphatic heterocycles. The lowest BCUT2D eigenvalue weighted by molar-refractivity contribution is 0.166. The van der Waals surface area contributed by atoms with Crippen LogP contribution in [0.25, 0.3) is 0 Å². The fraction of sp³-hybridized carbons (Fsp3) is 0.500. The third kappa shape index (κ3) is 3.31. The molecule has 0 aliphatic carbocycles. The van der Waals surface area contributed by atoms with Gasteiger partial charge in [-0.3, -0.25) is 0 Å². The predicted molar refractivity (Wildman–Crippen MR) is 85.0 cm³/mol. The molecule has 0 bridgehead atoms. The largest absolute Gasteiger partial charge is 0.368 e. The maximum Gasteiger partial charge on any atom is 0.305 e. The second-order valence-corrected chi connectivity index (χ2v) is 12.7. The first-order chi connectivity index (χ1) is 9.09. The van der Waals surface area contributed by atoms with Crippen molar-refractivity contribution in [2.45, 2.75) is 30.1 Å². The van der Waals surface area contributed by atoms with Gasteiger partial charge in [-0.15, -0.1) is 9.03 Å². The smallest absolute Gasteiger partial charge is 0.305 e. The second kappa shape index (κ2) is 4.94. The third-order valence-corrected chi connectivity index (χ3v) is 8.69. The van der Waals surface area contributed by atoms with Crippen molar-refractivity contribution in [2.24, 2.45) is 0 Å². The van der Waals surface area contributed by atoms with Crippen LogP contribution in [0.4, 0.5) is 0 Å². The molecule has 1 aromatic carbocycles. The summed E-state index contributed by atoms with van der Waals surface area (Å²) in [5, 5.41) is 0. The summed E-state index contributed by atoms with van der Waals surface area (Å²) in [7, 11) is -6.69. The zero-order valence-corrected chi connectivity index (χ0v) is 13.8. The maximum absolute atomic E-state index is 12.4. The van der Waals surface area contributed by atoms with Crippen molar-refractivity contribution in [1.29, 1.82) is 0 Å². The van der Waals surface area contributed by atoms with Crippen LogP contribution < -0.4 is 0 Å². The molecular weight excluding hydrogens is 296 g/mol. The van der Waals surface area contributed by atoms with Crippen LogP contribution in [0.3, 0.4) is 0 Å². The quantitative estimate of drug-likeness (QED) is 0.801. The van der Waals surface area contributed by atoms with Gasteiger partial charge in [0.2, 0.25) is 0 Å². The summed E-state index contributed by atoms with van der Waals surface area (Å²) < 4.78 is 36.0. The number of hydrogen-bond acceptors (Lipinski definition) is 4. The molecule has 1 unspecified atom stereocenters. The van der Waals surface area contributed by atoms with Crippen molar-refractivity contribution >= 4 is 25.0 Å². The minimum absolute atomic E-state index is 0.163. The molecule has 1 aromatic rings. The normalized spacial score (nSPS) is 22.4. The van der Waals surface area contributed by atoms with Crippen molar-refractivity contribution in [2.75, 3.05) is 19.1 Å². The van der Waals surface area contributed by atoms with Gasteiger partial charge < -0.3 is 4.74 Å². The molecule has 0 amide bonds. The Labute approximate surface area is 121 Å². The number of hydrogen-bond donors (Lipinski definition) is 0. The average Bonchev–Trinajstić information content (AvgIpc) is 2.81. The molecule has 1 atom stereocenters. The Morgan fingerprint density at radius 2 is 1.90 bits per heavy atom. The third-order valence-electron chi connectivity index (χ3n) is 3.33. The van der Waals surface area contributed by atoms with Gasteiger partial charge in [-0.2, -0.15) is 8.42 Å². The van der Waals surface area contributed by atoms with Gasteiger partial charge in [0.25, 0.3) is 0 Å². The summed E-state index contributed by atoms with van der Waals surface area (Å²) in [6.07, 6.45) is 5.27. The van der Waals surface area contributed by atoms with E-state index in [4.69, 9.17) is 8.37 Å². The van der Waals surface area contributed by atoms with Crippen molar-refractivity contribution < 1.29 is 16.8 Å². The van der Waals surface area contributed by atoms with Gasteiger partial charge >= 0.3 is 10.1 Å². The van der Waals surface area contributed by atoms with E-state index in [2.05, 4.69) is 5.87 Å². The van der Waals surface area contributed by atoms with E-state index in [0.29, 0.717) is 6.61 Å². The Hall–Kier alpha value is -0.690. The Balaban J connectivity index is 2.31. The average molecular weight is 318 g/mol. The lowest BCUT2D eigenvalue weighted by atomic mass is 10.2. The standard InChI is InChI=1S/C14H22O4S2/c1-12-7-9-13(10-8-12)19(15,16)18-20(2,3,4)14-6-5-11-17-14/h7-10,14H,2,5-6,11H2,1,3-4H3. The first-order valence-corrected chi connectivity index (χ1v) is 10.9. The lowest BCUT2D eigenvalue weighted by Gasteiger charge is -2.43. The minimum Gasteiger partial charge on any atom is -0.368 e. The summed E-state index contributed by atoms with van der Waals surface area (Å²) in [5.74, 6) is 4.09. The summed E-state index contributed by atoms with van der Waals surface area (Å²) >= 11 is 0. The molecule has 20 heavy (non-hydrogen) atoms. The zero-order chi connectivity index (χ0) is 15.0. The summed E-state index contributed by atoms with van der Waals surface area (Å²) in [6.45, 7) is 2.55. The van der Waals surface area contributed by atoms with Crippen LogP contribution in [0, 0.1) is 6.92 Å². The lowest BCUT2D eigenvalue weighted by Crippen LogP contribution is -2.26. The second-order valence-electron chi connectivity index (χ2n) is 5.95. The molecular formula is C14H22O4S2. The van der Waals surface area contributed by atoms with Gasteiger partial charge in [-0.1, -0.05) is 23.6 Å². The first-order valence-electron chi connectivity index (χ1n) is 6.47. The maximum atomic E-state index is 12.4. The SMILES string of the molecule is C=S(C)(C)(OS(=O)(=O)c1ccc(C)cc1)C1CCCO1. The highest BCUT2D eigenvalue weighted by Crippen LogP contribution is 2.60. The van der Waals surface area contributed by atoms with Gasteiger partial charge in [-0.05, 0) is 44.4 Å². The van der Waals surface area contributed by atoms with Crippen LogP contribution in [-0.2, 0) is 18.5 Å². The fourth-order valence-electron chi connectivity index (χ4n) is 2.21. The molecule has 0 spiro atoms. The van der Waals surface area contributed by atoms with Gasteiger partial charge in [0.1, 0.15) is 5.44 Å².